The lowest BCUT2D eigenvalue weighted by Gasteiger charge is -2.29. The van der Waals surface area contributed by atoms with Crippen LogP contribution in [0.15, 0.2) is 24.3 Å². The molecule has 1 aliphatic carbocycles. The first kappa shape index (κ1) is 23.7. The first-order valence-electron chi connectivity index (χ1n) is 11.5. The zero-order valence-electron chi connectivity index (χ0n) is 18.1. The molecule has 0 saturated heterocycles. The molecule has 0 nitrogen and oxygen atoms in total. The van der Waals surface area contributed by atoms with Crippen LogP contribution in [0.5, 0.6) is 0 Å². The van der Waals surface area contributed by atoms with Gasteiger partial charge in [0.05, 0.1) is 0 Å². The fourth-order valence-corrected chi connectivity index (χ4v) is 4.76. The average Bonchev–Trinajstić information content (AvgIpc) is 2.74. The molecule has 5 heteroatoms. The van der Waals surface area contributed by atoms with E-state index >= 15 is 0 Å². The van der Waals surface area contributed by atoms with Gasteiger partial charge in [-0.2, -0.15) is 0 Å². The molecular weight excluding hydrogens is 407 g/mol. The normalized spacial score (nSPS) is 19.0. The summed E-state index contributed by atoms with van der Waals surface area (Å²) in [6, 6.07) is 4.25. The van der Waals surface area contributed by atoms with Gasteiger partial charge in [0.1, 0.15) is 11.6 Å². The van der Waals surface area contributed by atoms with Gasteiger partial charge in [-0.1, -0.05) is 45.4 Å². The van der Waals surface area contributed by atoms with Crippen molar-refractivity contribution in [2.75, 3.05) is 0 Å². The number of hydrogen-bond acceptors (Lipinski definition) is 0. The van der Waals surface area contributed by atoms with Crippen LogP contribution in [0.25, 0.3) is 0 Å². The Balaban J connectivity index is 1.60. The first-order valence-corrected chi connectivity index (χ1v) is 11.5. The third kappa shape index (κ3) is 6.30. The molecule has 1 fully saturated rings. The maximum Gasteiger partial charge on any atom is 0.194 e. The van der Waals surface area contributed by atoms with Crippen molar-refractivity contribution in [1.29, 1.82) is 0 Å². The van der Waals surface area contributed by atoms with E-state index in [2.05, 4.69) is 6.92 Å². The van der Waals surface area contributed by atoms with Gasteiger partial charge in [0.2, 0.25) is 0 Å². The van der Waals surface area contributed by atoms with Gasteiger partial charge >= 0.3 is 0 Å². The molecule has 31 heavy (non-hydrogen) atoms. The minimum atomic E-state index is -1.59. The smallest absolute Gasteiger partial charge is 0.194 e. The lowest BCUT2D eigenvalue weighted by Crippen LogP contribution is -2.14. The van der Waals surface area contributed by atoms with Crippen LogP contribution in [0.4, 0.5) is 22.0 Å². The first-order chi connectivity index (χ1) is 14.9. The predicted molar refractivity (Wildman–Crippen MR) is 114 cm³/mol. The van der Waals surface area contributed by atoms with E-state index in [0.29, 0.717) is 11.5 Å². The van der Waals surface area contributed by atoms with Crippen LogP contribution in [0.3, 0.4) is 0 Å². The van der Waals surface area contributed by atoms with Crippen LogP contribution < -0.4 is 0 Å². The minimum absolute atomic E-state index is 0.0126. The summed E-state index contributed by atoms with van der Waals surface area (Å²) in [5.74, 6) is -4.93. The molecule has 0 aliphatic heterocycles. The highest BCUT2D eigenvalue weighted by atomic mass is 19.2. The molecule has 170 valence electrons. The molecule has 2 aromatic carbocycles. The van der Waals surface area contributed by atoms with Gasteiger partial charge < -0.3 is 0 Å². The predicted octanol–water partition coefficient (Wildman–Crippen LogP) is 8.61. The fraction of sp³-hybridized carbons (Fsp3) is 0.538. The summed E-state index contributed by atoms with van der Waals surface area (Å²) < 4.78 is 69.3. The number of rotatable bonds is 9. The molecule has 1 aliphatic rings. The summed E-state index contributed by atoms with van der Waals surface area (Å²) >= 11 is 0. The quantitative estimate of drug-likeness (QED) is 0.209. The van der Waals surface area contributed by atoms with Gasteiger partial charge in [-0.3, -0.25) is 0 Å². The maximum absolute atomic E-state index is 14.7. The van der Waals surface area contributed by atoms with E-state index in [1.54, 1.807) is 0 Å². The fourth-order valence-electron chi connectivity index (χ4n) is 4.76. The standard InChI is InChI=1S/C26H31F5/c1-2-3-4-5-6-7-17-8-10-19(11-9-17)20-15-22(27)21(23(28)16-20)12-18-13-24(29)26(31)25(30)14-18/h13-17,19H,2-12H2,1H3. The second-order valence-corrected chi connectivity index (χ2v) is 8.93. The molecule has 0 amide bonds. The van der Waals surface area contributed by atoms with Crippen molar-refractivity contribution in [2.24, 2.45) is 5.92 Å². The van der Waals surface area contributed by atoms with Crippen LogP contribution in [0.2, 0.25) is 0 Å². The Hall–Kier alpha value is -1.91. The van der Waals surface area contributed by atoms with Gasteiger partial charge in [0, 0.05) is 12.0 Å². The molecule has 0 atom stereocenters. The van der Waals surface area contributed by atoms with E-state index in [-0.39, 0.29) is 23.5 Å². The molecule has 0 unspecified atom stereocenters. The summed E-state index contributed by atoms with van der Waals surface area (Å²) in [4.78, 5) is 0. The van der Waals surface area contributed by atoms with E-state index in [9.17, 15) is 22.0 Å². The summed E-state index contributed by atoms with van der Waals surface area (Å²) in [6.45, 7) is 2.21. The van der Waals surface area contributed by atoms with Crippen molar-refractivity contribution < 1.29 is 22.0 Å². The minimum Gasteiger partial charge on any atom is -0.207 e. The molecular formula is C26H31F5. The van der Waals surface area contributed by atoms with Gasteiger partial charge in [0.15, 0.2) is 17.5 Å². The SMILES string of the molecule is CCCCCCCC1CCC(c2cc(F)c(Cc3cc(F)c(F)c(F)c3)c(F)c2)CC1. The van der Waals surface area contributed by atoms with Crippen molar-refractivity contribution >= 4 is 0 Å². The summed E-state index contributed by atoms with van der Waals surface area (Å²) in [5, 5.41) is 0. The Bertz CT molecular complexity index is 822. The van der Waals surface area contributed by atoms with Gasteiger partial charge in [-0.15, -0.1) is 0 Å². The Morgan fingerprint density at radius 3 is 1.87 bits per heavy atom. The molecule has 0 heterocycles. The van der Waals surface area contributed by atoms with Crippen LogP contribution >= 0.6 is 0 Å². The topological polar surface area (TPSA) is 0 Å². The molecule has 0 spiro atoms. The summed E-state index contributed by atoms with van der Waals surface area (Å²) in [6.07, 6.45) is 11.3. The van der Waals surface area contributed by atoms with Gasteiger partial charge in [-0.05, 0) is 72.9 Å². The second-order valence-electron chi connectivity index (χ2n) is 8.93. The number of unbranched alkanes of at least 4 members (excludes halogenated alkanes) is 4. The summed E-state index contributed by atoms with van der Waals surface area (Å²) in [5.41, 5.74) is 0.382. The third-order valence-electron chi connectivity index (χ3n) is 6.62. The zero-order chi connectivity index (χ0) is 22.4. The third-order valence-corrected chi connectivity index (χ3v) is 6.62. The molecule has 0 bridgehead atoms. The number of benzene rings is 2. The summed E-state index contributed by atoms with van der Waals surface area (Å²) in [7, 11) is 0. The highest BCUT2D eigenvalue weighted by Gasteiger charge is 2.24. The van der Waals surface area contributed by atoms with Crippen LogP contribution in [0.1, 0.15) is 93.7 Å². The Morgan fingerprint density at radius 1 is 0.710 bits per heavy atom. The van der Waals surface area contributed by atoms with Crippen LogP contribution in [0, 0.1) is 35.0 Å². The van der Waals surface area contributed by atoms with Crippen LogP contribution in [-0.2, 0) is 6.42 Å². The van der Waals surface area contributed by atoms with Crippen molar-refractivity contribution in [1.82, 2.24) is 0 Å². The highest BCUT2D eigenvalue weighted by molar-refractivity contribution is 5.33. The second kappa shape index (κ2) is 11.1. The van der Waals surface area contributed by atoms with E-state index in [4.69, 9.17) is 0 Å². The zero-order valence-corrected chi connectivity index (χ0v) is 18.1. The van der Waals surface area contributed by atoms with Crippen molar-refractivity contribution in [2.45, 2.75) is 83.5 Å². The number of hydrogen-bond donors (Lipinski definition) is 0. The van der Waals surface area contributed by atoms with E-state index in [1.807, 2.05) is 0 Å². The van der Waals surface area contributed by atoms with Crippen molar-refractivity contribution in [3.8, 4) is 0 Å². The van der Waals surface area contributed by atoms with Crippen molar-refractivity contribution in [3.63, 3.8) is 0 Å². The maximum atomic E-state index is 14.7. The van der Waals surface area contributed by atoms with Crippen LogP contribution in [-0.4, -0.2) is 0 Å². The van der Waals surface area contributed by atoms with Gasteiger partial charge in [-0.25, -0.2) is 22.0 Å². The molecule has 0 aromatic heterocycles. The van der Waals surface area contributed by atoms with E-state index in [0.717, 1.165) is 37.8 Å². The Kier molecular flexibility index (Phi) is 8.50. The van der Waals surface area contributed by atoms with E-state index in [1.165, 1.54) is 50.7 Å². The molecule has 0 radical (unpaired) electrons. The number of halogens is 5. The highest BCUT2D eigenvalue weighted by Crippen LogP contribution is 2.38. The van der Waals surface area contributed by atoms with Crippen molar-refractivity contribution in [3.05, 3.63) is 70.0 Å². The van der Waals surface area contributed by atoms with E-state index < -0.39 is 29.1 Å². The molecule has 0 N–H and O–H groups in total. The lowest BCUT2D eigenvalue weighted by molar-refractivity contribution is 0.301. The Morgan fingerprint density at radius 2 is 1.29 bits per heavy atom. The monoisotopic (exact) mass is 438 g/mol. The molecule has 2 aromatic rings. The molecule has 1 saturated carbocycles. The largest absolute Gasteiger partial charge is 0.207 e. The lowest BCUT2D eigenvalue weighted by atomic mass is 9.76. The Labute approximate surface area is 181 Å². The average molecular weight is 439 g/mol. The molecule has 3 rings (SSSR count). The van der Waals surface area contributed by atoms with Gasteiger partial charge in [0.25, 0.3) is 0 Å².